The van der Waals surface area contributed by atoms with Crippen LogP contribution in [-0.4, -0.2) is 52.5 Å². The fourth-order valence-corrected chi connectivity index (χ4v) is 2.99. The minimum Gasteiger partial charge on any atom is -0.376 e. The topological polar surface area (TPSA) is 71.1 Å². The Morgan fingerprint density at radius 3 is 3.05 bits per heavy atom. The van der Waals surface area contributed by atoms with E-state index < -0.39 is 0 Å². The highest BCUT2D eigenvalue weighted by Gasteiger charge is 2.30. The first-order chi connectivity index (χ1) is 9.24. The number of likely N-dealkylation sites (N-methyl/N-ethyl adjacent to an activating group) is 1. The molecule has 104 valence electrons. The summed E-state index contributed by atoms with van der Waals surface area (Å²) in [6.07, 6.45) is 4.82. The van der Waals surface area contributed by atoms with Crippen LogP contribution >= 0.6 is 0 Å². The van der Waals surface area contributed by atoms with Gasteiger partial charge in [0.25, 0.3) is 0 Å². The van der Waals surface area contributed by atoms with Crippen LogP contribution in [0.3, 0.4) is 0 Å². The summed E-state index contributed by atoms with van der Waals surface area (Å²) in [7, 11) is 1.88. The Kier molecular flexibility index (Phi) is 3.50. The van der Waals surface area contributed by atoms with Gasteiger partial charge in [0.1, 0.15) is 0 Å². The van der Waals surface area contributed by atoms with E-state index in [1.807, 2.05) is 11.9 Å². The third kappa shape index (κ3) is 2.63. The number of carbonyl (C=O) groups excluding carboxylic acids is 1. The van der Waals surface area contributed by atoms with Crippen LogP contribution in [0.1, 0.15) is 30.7 Å². The number of aryl methyl sites for hydroxylation is 1. The molecule has 2 atom stereocenters. The molecule has 1 aliphatic heterocycles. The number of fused-ring (bicyclic) bond motifs is 1. The predicted molar refractivity (Wildman–Crippen MR) is 68.5 cm³/mol. The molecular formula is C13H20N4O2. The Morgan fingerprint density at radius 2 is 2.26 bits per heavy atom. The molecule has 1 aliphatic carbocycles. The molecule has 1 amide bonds. The average molecular weight is 264 g/mol. The largest absolute Gasteiger partial charge is 0.376 e. The highest BCUT2D eigenvalue weighted by Crippen LogP contribution is 2.24. The summed E-state index contributed by atoms with van der Waals surface area (Å²) < 4.78 is 5.58. The fourth-order valence-electron chi connectivity index (χ4n) is 2.99. The Balaban J connectivity index is 1.58. The second-order valence-electron chi connectivity index (χ2n) is 5.51. The molecule has 2 aliphatic rings. The van der Waals surface area contributed by atoms with E-state index in [0.717, 1.165) is 43.7 Å². The first-order valence-corrected chi connectivity index (χ1v) is 6.99. The zero-order valence-electron chi connectivity index (χ0n) is 11.3. The van der Waals surface area contributed by atoms with Gasteiger partial charge in [-0.2, -0.15) is 15.4 Å². The summed E-state index contributed by atoms with van der Waals surface area (Å²) in [6.45, 7) is 1.54. The van der Waals surface area contributed by atoms with Crippen molar-refractivity contribution in [3.8, 4) is 0 Å². The maximum Gasteiger partial charge on any atom is 0.225 e. The van der Waals surface area contributed by atoms with Crippen LogP contribution in [0, 0.1) is 5.92 Å². The molecule has 1 fully saturated rings. The molecule has 6 nitrogen and oxygen atoms in total. The molecule has 2 heterocycles. The number of aromatic nitrogens is 3. The highest BCUT2D eigenvalue weighted by molar-refractivity contribution is 5.79. The number of H-pyrrole nitrogens is 1. The molecule has 6 heteroatoms. The zero-order chi connectivity index (χ0) is 13.2. The number of ether oxygens (including phenoxy) is 1. The second-order valence-corrected chi connectivity index (χ2v) is 5.51. The van der Waals surface area contributed by atoms with E-state index in [4.69, 9.17) is 4.74 Å². The number of hydrogen-bond donors (Lipinski definition) is 1. The van der Waals surface area contributed by atoms with Crippen molar-refractivity contribution in [3.63, 3.8) is 0 Å². The van der Waals surface area contributed by atoms with Crippen molar-refractivity contribution < 1.29 is 9.53 Å². The third-order valence-electron chi connectivity index (χ3n) is 4.10. The van der Waals surface area contributed by atoms with Gasteiger partial charge in [0, 0.05) is 32.5 Å². The van der Waals surface area contributed by atoms with Gasteiger partial charge in [0.15, 0.2) is 0 Å². The van der Waals surface area contributed by atoms with E-state index in [-0.39, 0.29) is 17.9 Å². The number of nitrogens with one attached hydrogen (secondary N) is 1. The molecule has 19 heavy (non-hydrogen) atoms. The van der Waals surface area contributed by atoms with Crippen LogP contribution in [0.2, 0.25) is 0 Å². The van der Waals surface area contributed by atoms with Gasteiger partial charge in [-0.15, -0.1) is 0 Å². The quantitative estimate of drug-likeness (QED) is 0.865. The van der Waals surface area contributed by atoms with E-state index in [9.17, 15) is 4.79 Å². The van der Waals surface area contributed by atoms with Crippen LogP contribution in [0.25, 0.3) is 0 Å². The molecule has 1 saturated heterocycles. The predicted octanol–water partition coefficient (Wildman–Crippen LogP) is 0.547. The van der Waals surface area contributed by atoms with E-state index in [1.54, 1.807) is 0 Å². The van der Waals surface area contributed by atoms with Crippen molar-refractivity contribution in [1.82, 2.24) is 20.3 Å². The number of hydrogen-bond acceptors (Lipinski definition) is 4. The Bertz CT molecular complexity index is 453. The number of nitrogens with zero attached hydrogens (tertiary/aromatic N) is 3. The van der Waals surface area contributed by atoms with Crippen molar-refractivity contribution in [2.24, 2.45) is 5.92 Å². The molecule has 1 aromatic rings. The van der Waals surface area contributed by atoms with Gasteiger partial charge in [0.05, 0.1) is 17.5 Å². The zero-order valence-corrected chi connectivity index (χ0v) is 11.3. The van der Waals surface area contributed by atoms with Gasteiger partial charge < -0.3 is 9.64 Å². The van der Waals surface area contributed by atoms with Crippen LogP contribution < -0.4 is 0 Å². The summed E-state index contributed by atoms with van der Waals surface area (Å²) in [5, 5.41) is 10.9. The van der Waals surface area contributed by atoms with Gasteiger partial charge in [-0.3, -0.25) is 4.79 Å². The molecule has 0 spiro atoms. The van der Waals surface area contributed by atoms with Crippen molar-refractivity contribution in [2.45, 2.75) is 38.2 Å². The average Bonchev–Trinajstić information content (AvgIpc) is 3.07. The number of aromatic amines is 1. The van der Waals surface area contributed by atoms with E-state index >= 15 is 0 Å². The summed E-state index contributed by atoms with van der Waals surface area (Å²) in [5.74, 6) is 0.258. The van der Waals surface area contributed by atoms with Crippen LogP contribution in [0.4, 0.5) is 0 Å². The van der Waals surface area contributed by atoms with Gasteiger partial charge in [0.2, 0.25) is 5.91 Å². The van der Waals surface area contributed by atoms with Crippen LogP contribution in [0.15, 0.2) is 0 Å². The molecule has 1 N–H and O–H groups in total. The molecule has 0 bridgehead atoms. The van der Waals surface area contributed by atoms with Gasteiger partial charge >= 0.3 is 0 Å². The fraction of sp³-hybridized carbons (Fsp3) is 0.769. The molecule has 1 unspecified atom stereocenters. The SMILES string of the molecule is CN(C[C@@H]1CCCO1)C(=O)C1CCc2n[nH]nc2C1. The minimum absolute atomic E-state index is 0.0454. The normalized spacial score (nSPS) is 26.2. The molecule has 0 aromatic carbocycles. The van der Waals surface area contributed by atoms with Crippen molar-refractivity contribution >= 4 is 5.91 Å². The second kappa shape index (κ2) is 5.28. The Labute approximate surface area is 112 Å². The lowest BCUT2D eigenvalue weighted by Crippen LogP contribution is -2.39. The summed E-state index contributed by atoms with van der Waals surface area (Å²) in [4.78, 5) is 14.3. The highest BCUT2D eigenvalue weighted by atomic mass is 16.5. The number of amides is 1. The monoisotopic (exact) mass is 264 g/mol. The number of carbonyl (C=O) groups is 1. The molecule has 0 radical (unpaired) electrons. The van der Waals surface area contributed by atoms with Crippen molar-refractivity contribution in [2.75, 3.05) is 20.2 Å². The first-order valence-electron chi connectivity index (χ1n) is 6.99. The lowest BCUT2D eigenvalue weighted by molar-refractivity contribution is -0.136. The first kappa shape index (κ1) is 12.6. The van der Waals surface area contributed by atoms with Gasteiger partial charge in [-0.1, -0.05) is 0 Å². The Hall–Kier alpha value is -1.43. The van der Waals surface area contributed by atoms with Gasteiger partial charge in [-0.25, -0.2) is 0 Å². The van der Waals surface area contributed by atoms with Gasteiger partial charge in [-0.05, 0) is 25.7 Å². The lowest BCUT2D eigenvalue weighted by Gasteiger charge is -2.27. The van der Waals surface area contributed by atoms with E-state index in [2.05, 4.69) is 15.4 Å². The van der Waals surface area contributed by atoms with E-state index in [1.165, 1.54) is 0 Å². The van der Waals surface area contributed by atoms with Crippen LogP contribution in [-0.2, 0) is 22.4 Å². The summed E-state index contributed by atoms with van der Waals surface area (Å²) in [5.41, 5.74) is 1.97. The summed E-state index contributed by atoms with van der Waals surface area (Å²) >= 11 is 0. The smallest absolute Gasteiger partial charge is 0.225 e. The summed E-state index contributed by atoms with van der Waals surface area (Å²) in [6, 6.07) is 0. The number of rotatable bonds is 3. The van der Waals surface area contributed by atoms with Crippen LogP contribution in [0.5, 0.6) is 0 Å². The van der Waals surface area contributed by atoms with Crippen molar-refractivity contribution in [1.29, 1.82) is 0 Å². The standard InChI is InChI=1S/C13H20N4O2/c1-17(8-10-3-2-6-19-10)13(18)9-4-5-11-12(7-9)15-16-14-11/h9-10H,2-8H2,1H3,(H,14,15,16)/t9?,10-/m0/s1. The minimum atomic E-state index is 0.0454. The maximum absolute atomic E-state index is 12.4. The molecule has 0 saturated carbocycles. The van der Waals surface area contributed by atoms with Crippen molar-refractivity contribution in [3.05, 3.63) is 11.4 Å². The molecule has 1 aromatic heterocycles. The lowest BCUT2D eigenvalue weighted by atomic mass is 9.89. The molecular weight excluding hydrogens is 244 g/mol. The Morgan fingerprint density at radius 1 is 1.42 bits per heavy atom. The maximum atomic E-state index is 12.4. The third-order valence-corrected chi connectivity index (χ3v) is 4.10. The van der Waals surface area contributed by atoms with E-state index in [0.29, 0.717) is 13.0 Å². The molecule has 3 rings (SSSR count).